The van der Waals surface area contributed by atoms with Gasteiger partial charge in [-0.25, -0.2) is 14.1 Å². The number of hydrogen-bond acceptors (Lipinski definition) is 5. The zero-order valence-corrected chi connectivity index (χ0v) is 12.4. The van der Waals surface area contributed by atoms with E-state index in [1.54, 1.807) is 19.1 Å². The van der Waals surface area contributed by atoms with Gasteiger partial charge in [0.05, 0.1) is 9.71 Å². The van der Waals surface area contributed by atoms with Crippen LogP contribution in [-0.4, -0.2) is 20.7 Å². The standard InChI is InChI=1S/C14H11FN4O2S/c1-7-17-12-13(22-7)11(8-2-4-9(15)5-3-8)18-19(14(12)21)6-10(16)20/h2-5H,6H2,1H3,(H2,16,20). The number of rotatable bonds is 3. The molecule has 3 rings (SSSR count). The van der Waals surface area contributed by atoms with Crippen molar-refractivity contribution < 1.29 is 9.18 Å². The van der Waals surface area contributed by atoms with Crippen LogP contribution in [0.25, 0.3) is 21.5 Å². The molecule has 0 fully saturated rings. The number of benzene rings is 1. The number of nitrogens with two attached hydrogens (primary N) is 1. The minimum atomic E-state index is -0.675. The Bertz CT molecular complexity index is 930. The SMILES string of the molecule is Cc1nc2c(=O)n(CC(N)=O)nc(-c3ccc(F)cc3)c2s1. The molecule has 8 heteroatoms. The minimum Gasteiger partial charge on any atom is -0.368 e. The fourth-order valence-corrected chi connectivity index (χ4v) is 3.03. The van der Waals surface area contributed by atoms with Gasteiger partial charge in [0, 0.05) is 5.56 Å². The van der Waals surface area contributed by atoms with Gasteiger partial charge in [-0.3, -0.25) is 9.59 Å². The molecule has 0 aliphatic heterocycles. The second kappa shape index (κ2) is 5.30. The van der Waals surface area contributed by atoms with Crippen molar-refractivity contribution in [1.82, 2.24) is 14.8 Å². The number of halogens is 1. The average Bonchev–Trinajstić information content (AvgIpc) is 2.85. The number of fused-ring (bicyclic) bond motifs is 1. The highest BCUT2D eigenvalue weighted by Crippen LogP contribution is 2.29. The lowest BCUT2D eigenvalue weighted by atomic mass is 10.1. The van der Waals surface area contributed by atoms with Crippen LogP contribution >= 0.6 is 11.3 Å². The number of aromatic nitrogens is 3. The Morgan fingerprint density at radius 3 is 2.68 bits per heavy atom. The Labute approximate surface area is 128 Å². The van der Waals surface area contributed by atoms with Gasteiger partial charge in [0.15, 0.2) is 5.52 Å². The maximum Gasteiger partial charge on any atom is 0.294 e. The molecule has 2 aromatic heterocycles. The van der Waals surface area contributed by atoms with E-state index in [9.17, 15) is 14.0 Å². The van der Waals surface area contributed by atoms with Crippen molar-refractivity contribution in [3.05, 3.63) is 45.4 Å². The summed E-state index contributed by atoms with van der Waals surface area (Å²) in [5.41, 5.74) is 6.02. The predicted octanol–water partition coefficient (Wildman–Crippen LogP) is 1.45. The number of primary amides is 1. The summed E-state index contributed by atoms with van der Waals surface area (Å²) < 4.78 is 14.7. The van der Waals surface area contributed by atoms with Crippen LogP contribution in [0.1, 0.15) is 5.01 Å². The fourth-order valence-electron chi connectivity index (χ4n) is 2.12. The highest BCUT2D eigenvalue weighted by molar-refractivity contribution is 7.19. The molecule has 0 aliphatic rings. The summed E-state index contributed by atoms with van der Waals surface area (Å²) in [7, 11) is 0. The van der Waals surface area contributed by atoms with Crippen molar-refractivity contribution >= 4 is 27.5 Å². The van der Waals surface area contributed by atoms with Gasteiger partial charge in [-0.05, 0) is 31.2 Å². The maximum atomic E-state index is 13.1. The third-order valence-electron chi connectivity index (χ3n) is 3.03. The quantitative estimate of drug-likeness (QED) is 0.791. The number of nitrogens with zero attached hydrogens (tertiary/aromatic N) is 3. The van der Waals surface area contributed by atoms with Gasteiger partial charge in [0.1, 0.15) is 18.1 Å². The highest BCUT2D eigenvalue weighted by atomic mass is 32.1. The second-order valence-electron chi connectivity index (χ2n) is 4.70. The first kappa shape index (κ1) is 14.3. The van der Waals surface area contributed by atoms with Crippen molar-refractivity contribution in [1.29, 1.82) is 0 Å². The van der Waals surface area contributed by atoms with E-state index >= 15 is 0 Å². The lowest BCUT2D eigenvalue weighted by Crippen LogP contribution is -2.30. The number of carbonyl (C=O) groups is 1. The molecular weight excluding hydrogens is 307 g/mol. The number of carbonyl (C=O) groups excluding carboxylic acids is 1. The molecular formula is C14H11FN4O2S. The summed E-state index contributed by atoms with van der Waals surface area (Å²) in [5.74, 6) is -1.04. The molecule has 0 saturated carbocycles. The molecule has 112 valence electrons. The van der Waals surface area contributed by atoms with Crippen molar-refractivity contribution in [3.63, 3.8) is 0 Å². The monoisotopic (exact) mass is 318 g/mol. The molecule has 2 N–H and O–H groups in total. The Morgan fingerprint density at radius 1 is 1.36 bits per heavy atom. The predicted molar refractivity (Wildman–Crippen MR) is 81.0 cm³/mol. The summed E-state index contributed by atoms with van der Waals surface area (Å²) in [6.45, 7) is 1.44. The number of hydrogen-bond donors (Lipinski definition) is 1. The minimum absolute atomic E-state index is 0.234. The normalized spacial score (nSPS) is 11.0. The number of thiazole rings is 1. The molecule has 0 bridgehead atoms. The largest absolute Gasteiger partial charge is 0.368 e. The topological polar surface area (TPSA) is 90.9 Å². The van der Waals surface area contributed by atoms with E-state index < -0.39 is 11.5 Å². The molecule has 0 spiro atoms. The molecule has 0 unspecified atom stereocenters. The van der Waals surface area contributed by atoms with E-state index in [0.29, 0.717) is 21.0 Å². The molecule has 22 heavy (non-hydrogen) atoms. The molecule has 0 saturated heterocycles. The lowest BCUT2D eigenvalue weighted by Gasteiger charge is -2.07. The first-order chi connectivity index (χ1) is 10.5. The molecule has 1 aromatic carbocycles. The summed E-state index contributed by atoms with van der Waals surface area (Å²) in [4.78, 5) is 27.6. The second-order valence-corrected chi connectivity index (χ2v) is 5.90. The third kappa shape index (κ3) is 2.48. The first-order valence-corrected chi connectivity index (χ1v) is 7.20. The van der Waals surface area contributed by atoms with Crippen molar-refractivity contribution in [2.75, 3.05) is 0 Å². The summed E-state index contributed by atoms with van der Waals surface area (Å²) >= 11 is 1.32. The summed E-state index contributed by atoms with van der Waals surface area (Å²) in [5, 5.41) is 4.91. The third-order valence-corrected chi connectivity index (χ3v) is 4.01. The Morgan fingerprint density at radius 2 is 2.05 bits per heavy atom. The Hall–Kier alpha value is -2.61. The first-order valence-electron chi connectivity index (χ1n) is 6.38. The van der Waals surface area contributed by atoms with Crippen LogP contribution < -0.4 is 11.3 Å². The van der Waals surface area contributed by atoms with Crippen molar-refractivity contribution in [2.24, 2.45) is 5.73 Å². The highest BCUT2D eigenvalue weighted by Gasteiger charge is 2.17. The summed E-state index contributed by atoms with van der Waals surface area (Å²) in [6.07, 6.45) is 0. The number of aryl methyl sites for hydroxylation is 1. The fraction of sp³-hybridized carbons (Fsp3) is 0.143. The van der Waals surface area contributed by atoms with Crippen LogP contribution in [0.3, 0.4) is 0 Å². The van der Waals surface area contributed by atoms with Crippen molar-refractivity contribution in [2.45, 2.75) is 13.5 Å². The van der Waals surface area contributed by atoms with E-state index in [4.69, 9.17) is 5.73 Å². The van der Waals surface area contributed by atoms with Gasteiger partial charge in [0.2, 0.25) is 5.91 Å². The smallest absolute Gasteiger partial charge is 0.294 e. The van der Waals surface area contributed by atoms with Gasteiger partial charge in [-0.2, -0.15) is 5.10 Å². The molecule has 3 aromatic rings. The molecule has 6 nitrogen and oxygen atoms in total. The average molecular weight is 318 g/mol. The van der Waals surface area contributed by atoms with E-state index in [1.807, 2.05) is 0 Å². The Kier molecular flexibility index (Phi) is 3.45. The Balaban J connectivity index is 2.32. The van der Waals surface area contributed by atoms with E-state index in [2.05, 4.69) is 10.1 Å². The molecule has 1 amide bonds. The van der Waals surface area contributed by atoms with Crippen molar-refractivity contribution in [3.8, 4) is 11.3 Å². The zero-order valence-electron chi connectivity index (χ0n) is 11.5. The van der Waals surface area contributed by atoms with Crippen LogP contribution in [0.2, 0.25) is 0 Å². The zero-order chi connectivity index (χ0) is 15.9. The van der Waals surface area contributed by atoms with Gasteiger partial charge < -0.3 is 5.73 Å². The number of amides is 1. The lowest BCUT2D eigenvalue weighted by molar-refractivity contribution is -0.118. The molecule has 0 radical (unpaired) electrons. The molecule has 0 aliphatic carbocycles. The van der Waals surface area contributed by atoms with Crippen LogP contribution in [-0.2, 0) is 11.3 Å². The van der Waals surface area contributed by atoms with Crippen LogP contribution in [0.4, 0.5) is 4.39 Å². The molecule has 0 atom stereocenters. The van der Waals surface area contributed by atoms with E-state index in [-0.39, 0.29) is 17.9 Å². The molecule has 2 heterocycles. The van der Waals surface area contributed by atoms with Crippen LogP contribution in [0.5, 0.6) is 0 Å². The van der Waals surface area contributed by atoms with Gasteiger partial charge in [-0.1, -0.05) is 0 Å². The van der Waals surface area contributed by atoms with E-state index in [1.165, 1.54) is 23.5 Å². The van der Waals surface area contributed by atoms with Gasteiger partial charge >= 0.3 is 0 Å². The van der Waals surface area contributed by atoms with Gasteiger partial charge in [-0.15, -0.1) is 11.3 Å². The van der Waals surface area contributed by atoms with E-state index in [0.717, 1.165) is 4.68 Å². The van der Waals surface area contributed by atoms with Gasteiger partial charge in [0.25, 0.3) is 5.56 Å². The van der Waals surface area contributed by atoms with Crippen LogP contribution in [0.15, 0.2) is 29.1 Å². The maximum absolute atomic E-state index is 13.1. The summed E-state index contributed by atoms with van der Waals surface area (Å²) in [6, 6.07) is 5.73. The van der Waals surface area contributed by atoms with Crippen LogP contribution in [0, 0.1) is 12.7 Å².